The topological polar surface area (TPSA) is 311 Å². The van der Waals surface area contributed by atoms with E-state index in [-0.39, 0.29) is 45.7 Å². The number of nitrogens with two attached hydrogens (primary N) is 1. The molecule has 4 aromatic rings. The van der Waals surface area contributed by atoms with Gasteiger partial charge < -0.3 is 61.8 Å². The van der Waals surface area contributed by atoms with Crippen molar-refractivity contribution in [1.82, 2.24) is 26.6 Å². The number of nitrogens with one attached hydrogen (secondary N) is 5. The smallest absolute Gasteiger partial charge is 0.490 e. The Kier molecular flexibility index (Phi) is 22.1. The quantitative estimate of drug-likeness (QED) is 0.0455. The number of aliphatic carboxylic acids is 1. The van der Waals surface area contributed by atoms with Gasteiger partial charge in [0.2, 0.25) is 0 Å². The number of aromatic hydroxyl groups is 2. The number of amides is 5. The first-order chi connectivity index (χ1) is 32.5. The van der Waals surface area contributed by atoms with Gasteiger partial charge in [0, 0.05) is 19.6 Å². The predicted molar refractivity (Wildman–Crippen MR) is 240 cm³/mol. The van der Waals surface area contributed by atoms with Crippen LogP contribution in [0.4, 0.5) is 26.7 Å². The molecule has 0 aliphatic rings. The van der Waals surface area contributed by atoms with E-state index >= 15 is 0 Å². The van der Waals surface area contributed by atoms with E-state index in [1.807, 2.05) is 0 Å². The van der Waals surface area contributed by atoms with Gasteiger partial charge in [0.15, 0.2) is 23.1 Å². The number of carboxylic acids is 1. The SMILES string of the molecule is COC(=O)[C@H](CN)NC(=O)c1sc(C(=O)NCc2ccc(F)c(O)c2)cc1C.COC(=O)[C@H](CNC(=O)OC(C)(C)C)NC(=O)c1sc(C(=O)NCc2ccc(F)c(O)c2)cc1C.O=C(O)C(F)(F)F. The number of ether oxygens (including phenoxy) is 3. The van der Waals surface area contributed by atoms with Crippen LogP contribution in [0.2, 0.25) is 0 Å². The fourth-order valence-corrected chi connectivity index (χ4v) is 7.14. The van der Waals surface area contributed by atoms with E-state index in [4.69, 9.17) is 25.1 Å². The minimum Gasteiger partial charge on any atom is -0.505 e. The van der Waals surface area contributed by atoms with Gasteiger partial charge >= 0.3 is 30.2 Å². The lowest BCUT2D eigenvalue weighted by molar-refractivity contribution is -0.192. The largest absolute Gasteiger partial charge is 0.505 e. The monoisotopic (exact) mass is 1030 g/mol. The maximum atomic E-state index is 13.2. The van der Waals surface area contributed by atoms with Gasteiger partial charge in [0.25, 0.3) is 23.6 Å². The highest BCUT2D eigenvalue weighted by molar-refractivity contribution is 7.16. The van der Waals surface area contributed by atoms with Crippen LogP contribution in [-0.2, 0) is 41.7 Å². The number of carboxylic acid groups (broad SMARTS) is 1. The Bertz CT molecular complexity index is 2550. The second-order valence-corrected chi connectivity index (χ2v) is 17.3. The van der Waals surface area contributed by atoms with Gasteiger partial charge in [-0.2, -0.15) is 13.2 Å². The van der Waals surface area contributed by atoms with Gasteiger partial charge in [-0.15, -0.1) is 22.7 Å². The summed E-state index contributed by atoms with van der Waals surface area (Å²) in [6.07, 6.45) is -5.85. The molecule has 2 aromatic heterocycles. The molecule has 2 heterocycles. The molecule has 0 unspecified atom stereocenters. The number of hydrogen-bond acceptors (Lipinski definition) is 16. The number of methoxy groups -OCH3 is 2. The normalized spacial score (nSPS) is 11.7. The first kappa shape index (κ1) is 58.7. The highest BCUT2D eigenvalue weighted by atomic mass is 32.1. The summed E-state index contributed by atoms with van der Waals surface area (Å²) in [5.41, 5.74) is 6.79. The van der Waals surface area contributed by atoms with Gasteiger partial charge in [0.1, 0.15) is 17.7 Å². The maximum Gasteiger partial charge on any atom is 0.490 e. The molecule has 0 aliphatic heterocycles. The number of alkyl carbamates (subject to hydrolysis) is 1. The van der Waals surface area contributed by atoms with Crippen molar-refractivity contribution in [2.75, 3.05) is 27.3 Å². The number of hydrogen-bond donors (Lipinski definition) is 9. The van der Waals surface area contributed by atoms with E-state index in [9.17, 15) is 65.7 Å². The Labute approximate surface area is 403 Å². The molecule has 10 N–H and O–H groups in total. The van der Waals surface area contributed by atoms with Crippen molar-refractivity contribution in [3.8, 4) is 11.5 Å². The van der Waals surface area contributed by atoms with E-state index in [1.165, 1.54) is 37.4 Å². The highest BCUT2D eigenvalue weighted by Crippen LogP contribution is 2.25. The molecule has 0 fully saturated rings. The Morgan fingerprint density at radius 1 is 0.657 bits per heavy atom. The van der Waals surface area contributed by atoms with E-state index in [1.54, 1.807) is 40.7 Å². The lowest BCUT2D eigenvalue weighted by Gasteiger charge is -2.21. The summed E-state index contributed by atoms with van der Waals surface area (Å²) in [5.74, 6) is -8.80. The standard InChI is InChI=1S/C23H28FN3O7S.C18H20FN3O5S.C2HF3O2/c1-12-8-17(19(29)25-10-13-6-7-14(24)16(28)9-13)35-18(12)20(30)27-15(21(31)33-5)11-26-22(32)34-23(2,3)4;1-9-5-14(16(24)21-8-10-3-4-11(19)13(23)6-10)28-15(9)17(25)22-12(7-20)18(26)27-2;3-2(4,5)1(6)7/h6-9,15,28H,10-11H2,1-5H3,(H,25,29)(H,26,32)(H,27,30);3-6,12,23H,7-8,20H2,1-2H3,(H,21,24)(H,22,25);(H,6,7)/t15-;12-;/m00./s1. The number of benzene rings is 2. The summed E-state index contributed by atoms with van der Waals surface area (Å²) in [7, 11) is 2.34. The number of phenols is 2. The third-order valence-corrected chi connectivity index (χ3v) is 11.0. The number of carbonyl (C=O) groups is 8. The number of alkyl halides is 3. The summed E-state index contributed by atoms with van der Waals surface area (Å²) in [4.78, 5) is 95.5. The molecule has 20 nitrogen and oxygen atoms in total. The molecule has 0 saturated carbocycles. The molecule has 2 atom stereocenters. The zero-order valence-electron chi connectivity index (χ0n) is 38.2. The van der Waals surface area contributed by atoms with Crippen molar-refractivity contribution in [1.29, 1.82) is 0 Å². The number of esters is 2. The summed E-state index contributed by atoms with van der Waals surface area (Å²) >= 11 is 1.87. The summed E-state index contributed by atoms with van der Waals surface area (Å²) in [6.45, 7) is 8.06. The average molecular weight is 1030 g/mol. The van der Waals surface area contributed by atoms with Gasteiger partial charge in [-0.25, -0.2) is 28.0 Å². The Morgan fingerprint density at radius 3 is 1.39 bits per heavy atom. The minimum atomic E-state index is -5.08. The molecule has 27 heteroatoms. The molecule has 4 rings (SSSR count). The molecule has 0 bridgehead atoms. The van der Waals surface area contributed by atoms with Crippen LogP contribution < -0.4 is 32.3 Å². The minimum absolute atomic E-state index is 0.0336. The third kappa shape index (κ3) is 18.9. The van der Waals surface area contributed by atoms with Gasteiger partial charge in [-0.1, -0.05) is 12.1 Å². The number of halogens is 5. The van der Waals surface area contributed by atoms with Crippen LogP contribution in [0.15, 0.2) is 48.5 Å². The molecular formula is C43H49F5N6O14S2. The lowest BCUT2D eigenvalue weighted by Crippen LogP contribution is -2.49. The van der Waals surface area contributed by atoms with Crippen LogP contribution in [0, 0.1) is 25.5 Å². The first-order valence-corrected chi connectivity index (χ1v) is 21.6. The molecular weight excluding hydrogens is 984 g/mol. The zero-order valence-corrected chi connectivity index (χ0v) is 39.9. The predicted octanol–water partition coefficient (Wildman–Crippen LogP) is 4.32. The Morgan fingerprint density at radius 2 is 1.04 bits per heavy atom. The van der Waals surface area contributed by atoms with Gasteiger partial charge in [-0.05, 0) is 93.3 Å². The Hall–Kier alpha value is -7.39. The second kappa shape index (κ2) is 26.4. The lowest BCUT2D eigenvalue weighted by atomic mass is 10.2. The number of rotatable bonds is 15. The number of thiophene rings is 2. The number of aryl methyl sites for hydroxylation is 2. The summed E-state index contributed by atoms with van der Waals surface area (Å²) in [5, 5.41) is 38.6. The number of carbonyl (C=O) groups excluding carboxylic acids is 7. The summed E-state index contributed by atoms with van der Waals surface area (Å²) in [6, 6.07) is 8.36. The second-order valence-electron chi connectivity index (χ2n) is 15.2. The van der Waals surface area contributed by atoms with Crippen LogP contribution in [-0.4, -0.2) is 114 Å². The molecule has 0 spiro atoms. The van der Waals surface area contributed by atoms with E-state index in [0.29, 0.717) is 22.3 Å². The van der Waals surface area contributed by atoms with E-state index < -0.39 is 94.6 Å². The third-order valence-electron chi connectivity index (χ3n) is 8.53. The average Bonchev–Trinajstić information content (AvgIpc) is 3.88. The highest BCUT2D eigenvalue weighted by Gasteiger charge is 2.38. The molecule has 0 saturated heterocycles. The van der Waals surface area contributed by atoms with Crippen LogP contribution in [0.3, 0.4) is 0 Å². The number of phenolic OH excluding ortho intramolecular Hbond substituents is 2. The van der Waals surface area contributed by atoms with Gasteiger partial charge in [0.05, 0.1) is 40.3 Å². The van der Waals surface area contributed by atoms with Crippen LogP contribution in [0.25, 0.3) is 0 Å². The first-order valence-electron chi connectivity index (χ1n) is 20.0. The van der Waals surface area contributed by atoms with Crippen molar-refractivity contribution < 1.29 is 89.8 Å². The van der Waals surface area contributed by atoms with E-state index in [0.717, 1.165) is 41.9 Å². The van der Waals surface area contributed by atoms with Crippen LogP contribution >= 0.6 is 22.7 Å². The van der Waals surface area contributed by atoms with Crippen molar-refractivity contribution in [2.24, 2.45) is 5.73 Å². The van der Waals surface area contributed by atoms with Crippen molar-refractivity contribution >= 4 is 70.3 Å². The zero-order chi connectivity index (χ0) is 53.3. The van der Waals surface area contributed by atoms with Crippen molar-refractivity contribution in [3.63, 3.8) is 0 Å². The summed E-state index contributed by atoms with van der Waals surface area (Å²) < 4.78 is 72.4. The van der Waals surface area contributed by atoms with Crippen LogP contribution in [0.1, 0.15) is 81.7 Å². The fraction of sp³-hybridized carbons (Fsp3) is 0.349. The van der Waals surface area contributed by atoms with E-state index in [2.05, 4.69) is 31.3 Å². The molecule has 2 aromatic carbocycles. The van der Waals surface area contributed by atoms with Crippen molar-refractivity contribution in [3.05, 3.63) is 102 Å². The molecule has 70 heavy (non-hydrogen) atoms. The fourth-order valence-electron chi connectivity index (χ4n) is 5.15. The molecule has 0 radical (unpaired) electrons. The van der Waals surface area contributed by atoms with Crippen LogP contribution in [0.5, 0.6) is 11.5 Å². The molecule has 382 valence electrons. The molecule has 0 aliphatic carbocycles. The molecule has 5 amide bonds. The van der Waals surface area contributed by atoms with Crippen molar-refractivity contribution in [2.45, 2.75) is 71.6 Å². The van der Waals surface area contributed by atoms with Gasteiger partial charge in [-0.3, -0.25) is 19.2 Å². The maximum absolute atomic E-state index is 13.2. The Balaban J connectivity index is 0.000000429.